The summed E-state index contributed by atoms with van der Waals surface area (Å²) in [5, 5.41) is 5.15. The Bertz CT molecular complexity index is 952. The predicted octanol–water partition coefficient (Wildman–Crippen LogP) is 4.35. The first-order valence-electron chi connectivity index (χ1n) is 8.41. The van der Waals surface area contributed by atoms with Crippen LogP contribution in [-0.4, -0.2) is 27.2 Å². The van der Waals surface area contributed by atoms with Crippen molar-refractivity contribution >= 4 is 23.2 Å². The van der Waals surface area contributed by atoms with Crippen molar-refractivity contribution in [1.29, 1.82) is 0 Å². The van der Waals surface area contributed by atoms with Gasteiger partial charge in [0, 0.05) is 17.7 Å². The molecule has 128 valence electrons. The number of carbonyl (C=O) groups excluding carboxylic acids is 1. The summed E-state index contributed by atoms with van der Waals surface area (Å²) >= 11 is 6.55. The lowest BCUT2D eigenvalue weighted by Crippen LogP contribution is -2.10. The first kappa shape index (κ1) is 16.1. The van der Waals surface area contributed by atoms with E-state index in [1.165, 1.54) is 0 Å². The Morgan fingerprint density at radius 3 is 2.72 bits per heavy atom. The van der Waals surface area contributed by atoms with Crippen LogP contribution in [0.2, 0.25) is 5.02 Å². The zero-order chi connectivity index (χ0) is 17.6. The highest BCUT2D eigenvalue weighted by atomic mass is 35.5. The molecule has 1 aliphatic carbocycles. The number of ether oxygens (including phenoxy) is 1. The van der Waals surface area contributed by atoms with Gasteiger partial charge >= 0.3 is 5.97 Å². The molecule has 25 heavy (non-hydrogen) atoms. The lowest BCUT2D eigenvalue weighted by Gasteiger charge is -2.09. The number of hydrogen-bond donors (Lipinski definition) is 0. The number of halogens is 1. The molecule has 1 aromatic carbocycles. The van der Waals surface area contributed by atoms with E-state index >= 15 is 0 Å². The van der Waals surface area contributed by atoms with Crippen molar-refractivity contribution in [3.05, 3.63) is 52.8 Å². The molecule has 2 heterocycles. The van der Waals surface area contributed by atoms with Crippen molar-refractivity contribution in [2.24, 2.45) is 5.92 Å². The Morgan fingerprint density at radius 1 is 1.36 bits per heavy atom. The molecule has 4 rings (SSSR count). The van der Waals surface area contributed by atoms with E-state index in [9.17, 15) is 4.79 Å². The number of carbonyl (C=O) groups is 1. The molecule has 1 fully saturated rings. The normalized spacial score (nSPS) is 19.2. The summed E-state index contributed by atoms with van der Waals surface area (Å²) in [6, 6.07) is 9.56. The Kier molecular flexibility index (Phi) is 3.96. The Labute approximate surface area is 150 Å². The maximum absolute atomic E-state index is 12.4. The molecule has 0 radical (unpaired) electrons. The molecule has 0 N–H and O–H groups in total. The molecule has 0 spiro atoms. The number of esters is 1. The highest BCUT2D eigenvalue weighted by molar-refractivity contribution is 6.34. The van der Waals surface area contributed by atoms with E-state index in [1.807, 2.05) is 30.3 Å². The minimum Gasteiger partial charge on any atom is -0.462 e. The largest absolute Gasteiger partial charge is 0.462 e. The van der Waals surface area contributed by atoms with Crippen molar-refractivity contribution in [3.63, 3.8) is 0 Å². The van der Waals surface area contributed by atoms with Crippen LogP contribution >= 0.6 is 11.6 Å². The topological polar surface area (TPSA) is 56.5 Å². The van der Waals surface area contributed by atoms with Crippen LogP contribution in [0, 0.1) is 5.92 Å². The fraction of sp³-hybridized carbons (Fsp3) is 0.316. The minimum absolute atomic E-state index is 0.301. The van der Waals surface area contributed by atoms with Gasteiger partial charge in [-0.25, -0.2) is 14.3 Å². The molecule has 2 aromatic heterocycles. The number of fused-ring (bicyclic) bond motifs is 1. The lowest BCUT2D eigenvalue weighted by molar-refractivity contribution is 0.0526. The fourth-order valence-corrected chi connectivity index (χ4v) is 3.38. The second-order valence-corrected chi connectivity index (χ2v) is 6.75. The van der Waals surface area contributed by atoms with Crippen LogP contribution in [0.15, 0.2) is 36.5 Å². The second kappa shape index (κ2) is 6.15. The summed E-state index contributed by atoms with van der Waals surface area (Å²) in [4.78, 5) is 17.1. The average Bonchev–Trinajstić information content (AvgIpc) is 3.26. The van der Waals surface area contributed by atoms with E-state index in [0.717, 1.165) is 17.7 Å². The van der Waals surface area contributed by atoms with Crippen LogP contribution in [0.1, 0.15) is 42.2 Å². The van der Waals surface area contributed by atoms with Crippen molar-refractivity contribution in [3.8, 4) is 11.3 Å². The van der Waals surface area contributed by atoms with Gasteiger partial charge in [-0.1, -0.05) is 48.9 Å². The van der Waals surface area contributed by atoms with Crippen molar-refractivity contribution < 1.29 is 9.53 Å². The molecule has 0 saturated heterocycles. The zero-order valence-corrected chi connectivity index (χ0v) is 14.8. The third-order valence-corrected chi connectivity index (χ3v) is 4.94. The quantitative estimate of drug-likeness (QED) is 0.653. The zero-order valence-electron chi connectivity index (χ0n) is 14.1. The first-order valence-corrected chi connectivity index (χ1v) is 8.79. The molecular formula is C19H18ClN3O2. The maximum Gasteiger partial charge on any atom is 0.341 e. The maximum atomic E-state index is 12.4. The van der Waals surface area contributed by atoms with Gasteiger partial charge in [0.05, 0.1) is 18.0 Å². The van der Waals surface area contributed by atoms with Crippen molar-refractivity contribution in [1.82, 2.24) is 14.6 Å². The number of hydrogen-bond acceptors (Lipinski definition) is 4. The van der Waals surface area contributed by atoms with Crippen molar-refractivity contribution in [2.75, 3.05) is 6.61 Å². The first-order chi connectivity index (χ1) is 12.1. The van der Waals surface area contributed by atoms with Crippen LogP contribution in [0.5, 0.6) is 0 Å². The highest BCUT2D eigenvalue weighted by Gasteiger charge is 2.38. The van der Waals surface area contributed by atoms with Crippen LogP contribution in [0.3, 0.4) is 0 Å². The Balaban J connectivity index is 1.92. The SMILES string of the molecule is CCOC(=O)c1cn2nc([C@H]3CC3C)c(Cl)c2nc1-c1ccccc1. The van der Waals surface area contributed by atoms with E-state index in [2.05, 4.69) is 17.0 Å². The van der Waals surface area contributed by atoms with Crippen LogP contribution in [-0.2, 0) is 4.74 Å². The average molecular weight is 356 g/mol. The molecule has 1 unspecified atom stereocenters. The molecule has 1 aliphatic rings. The molecule has 0 amide bonds. The number of rotatable bonds is 4. The van der Waals surface area contributed by atoms with Gasteiger partial charge < -0.3 is 4.74 Å². The third-order valence-electron chi connectivity index (χ3n) is 4.58. The van der Waals surface area contributed by atoms with E-state index in [4.69, 9.17) is 16.3 Å². The molecular weight excluding hydrogens is 338 g/mol. The third kappa shape index (κ3) is 2.78. The molecule has 3 aromatic rings. The van der Waals surface area contributed by atoms with Gasteiger partial charge in [-0.05, 0) is 19.3 Å². The van der Waals surface area contributed by atoms with Crippen LogP contribution in [0.25, 0.3) is 16.9 Å². The van der Waals surface area contributed by atoms with Gasteiger partial charge in [-0.15, -0.1) is 0 Å². The van der Waals surface area contributed by atoms with Crippen LogP contribution in [0.4, 0.5) is 0 Å². The van der Waals surface area contributed by atoms with Gasteiger partial charge in [0.1, 0.15) is 10.6 Å². The summed E-state index contributed by atoms with van der Waals surface area (Å²) in [5.41, 5.74) is 3.22. The second-order valence-electron chi connectivity index (χ2n) is 6.38. The lowest BCUT2D eigenvalue weighted by atomic mass is 10.1. The number of nitrogens with zero attached hydrogens (tertiary/aromatic N) is 3. The van der Waals surface area contributed by atoms with Gasteiger partial charge in [0.25, 0.3) is 0 Å². The molecule has 0 aliphatic heterocycles. The van der Waals surface area contributed by atoms with Gasteiger partial charge in [0.15, 0.2) is 5.65 Å². The van der Waals surface area contributed by atoms with Gasteiger partial charge in [-0.2, -0.15) is 5.10 Å². The number of aromatic nitrogens is 3. The minimum atomic E-state index is -0.413. The summed E-state index contributed by atoms with van der Waals surface area (Å²) in [5.74, 6) is 0.546. The van der Waals surface area contributed by atoms with Gasteiger partial charge in [-0.3, -0.25) is 0 Å². The van der Waals surface area contributed by atoms with Crippen LogP contribution < -0.4 is 0 Å². The number of benzene rings is 1. The summed E-state index contributed by atoms with van der Waals surface area (Å²) in [6.07, 6.45) is 2.75. The summed E-state index contributed by atoms with van der Waals surface area (Å²) < 4.78 is 6.80. The Hall–Kier alpha value is -2.40. The van der Waals surface area contributed by atoms with E-state index < -0.39 is 5.97 Å². The summed E-state index contributed by atoms with van der Waals surface area (Å²) in [7, 11) is 0. The summed E-state index contributed by atoms with van der Waals surface area (Å²) in [6.45, 7) is 4.26. The molecule has 6 heteroatoms. The highest BCUT2D eigenvalue weighted by Crippen LogP contribution is 2.49. The monoisotopic (exact) mass is 355 g/mol. The fourth-order valence-electron chi connectivity index (χ4n) is 3.08. The van der Waals surface area contributed by atoms with E-state index in [-0.39, 0.29) is 0 Å². The standard InChI is InChI=1S/C19H18ClN3O2/c1-3-25-19(24)14-10-23-18(15(20)17(22-23)13-9-11(13)2)21-16(14)12-7-5-4-6-8-12/h4-8,10-11,13H,3,9H2,1-2H3/t11?,13-/m0/s1. The van der Waals surface area contributed by atoms with E-state index in [0.29, 0.717) is 40.4 Å². The molecule has 5 nitrogen and oxygen atoms in total. The van der Waals surface area contributed by atoms with Crippen molar-refractivity contribution in [2.45, 2.75) is 26.2 Å². The Morgan fingerprint density at radius 2 is 2.08 bits per heavy atom. The smallest absolute Gasteiger partial charge is 0.341 e. The molecule has 0 bridgehead atoms. The molecule has 2 atom stereocenters. The molecule has 1 saturated carbocycles. The van der Waals surface area contributed by atoms with E-state index in [1.54, 1.807) is 17.6 Å². The predicted molar refractivity (Wildman–Crippen MR) is 95.9 cm³/mol. The van der Waals surface area contributed by atoms with Gasteiger partial charge in [0.2, 0.25) is 0 Å².